The van der Waals surface area contributed by atoms with Crippen molar-refractivity contribution in [3.63, 3.8) is 0 Å². The largest absolute Gasteiger partial charge is 0.465 e. The second-order valence-electron chi connectivity index (χ2n) is 4.85. The van der Waals surface area contributed by atoms with E-state index in [4.69, 9.17) is 4.74 Å². The van der Waals surface area contributed by atoms with E-state index in [1.54, 1.807) is 25.5 Å². The molecule has 0 unspecified atom stereocenters. The normalized spacial score (nSPS) is 11.4. The Labute approximate surface area is 107 Å². The number of Topliss-reactive ketones (excluding diaryl/α,β-unsaturated/α-hetero) is 1. The number of aryl methyl sites for hydroxylation is 2. The van der Waals surface area contributed by atoms with Crippen molar-refractivity contribution < 1.29 is 14.3 Å². The van der Waals surface area contributed by atoms with Crippen LogP contribution < -0.4 is 0 Å². The number of carbonyl (C=O) groups excluding carboxylic acids is 2. The lowest BCUT2D eigenvalue weighted by Crippen LogP contribution is -2.37. The molecule has 0 aliphatic rings. The maximum atomic E-state index is 12.2. The zero-order valence-electron chi connectivity index (χ0n) is 11.6. The van der Waals surface area contributed by atoms with Crippen LogP contribution in [-0.4, -0.2) is 28.1 Å². The summed E-state index contributed by atoms with van der Waals surface area (Å²) in [6.07, 6.45) is 0. The zero-order chi connectivity index (χ0) is 13.9. The number of esters is 1. The highest BCUT2D eigenvalue weighted by Crippen LogP contribution is 2.20. The summed E-state index contributed by atoms with van der Waals surface area (Å²) in [6, 6.07) is 1.89. The first-order chi connectivity index (χ1) is 8.28. The lowest BCUT2D eigenvalue weighted by Gasteiger charge is -2.20. The third-order valence-corrected chi connectivity index (χ3v) is 2.88. The molecule has 1 rings (SSSR count). The molecule has 1 heterocycles. The molecule has 0 aliphatic carbocycles. The van der Waals surface area contributed by atoms with Crippen LogP contribution in [-0.2, 0) is 20.9 Å². The average Bonchev–Trinajstić information content (AvgIpc) is 2.57. The van der Waals surface area contributed by atoms with Gasteiger partial charge in [-0.15, -0.1) is 0 Å². The topological polar surface area (TPSA) is 61.2 Å². The van der Waals surface area contributed by atoms with Crippen LogP contribution in [0, 0.1) is 19.3 Å². The first kappa shape index (κ1) is 14.4. The number of aromatic nitrogens is 2. The van der Waals surface area contributed by atoms with Crippen LogP contribution in [0.25, 0.3) is 0 Å². The van der Waals surface area contributed by atoms with Crippen LogP contribution in [0.1, 0.15) is 32.2 Å². The van der Waals surface area contributed by atoms with E-state index >= 15 is 0 Å². The summed E-state index contributed by atoms with van der Waals surface area (Å²) < 4.78 is 6.52. The van der Waals surface area contributed by atoms with Crippen LogP contribution in [0.5, 0.6) is 0 Å². The molecule has 0 saturated heterocycles. The number of hydrogen-bond donors (Lipinski definition) is 0. The van der Waals surface area contributed by atoms with Gasteiger partial charge in [0.25, 0.3) is 0 Å². The van der Waals surface area contributed by atoms with Gasteiger partial charge in [0, 0.05) is 5.69 Å². The quantitative estimate of drug-likeness (QED) is 0.590. The van der Waals surface area contributed by atoms with Crippen LogP contribution in [0.4, 0.5) is 0 Å². The Kier molecular flexibility index (Phi) is 4.27. The van der Waals surface area contributed by atoms with Gasteiger partial charge in [0.1, 0.15) is 12.0 Å². The van der Waals surface area contributed by atoms with E-state index in [9.17, 15) is 9.59 Å². The summed E-state index contributed by atoms with van der Waals surface area (Å²) in [5.74, 6) is -0.691. The molecular formula is C13H20N2O3. The van der Waals surface area contributed by atoms with E-state index in [2.05, 4.69) is 5.10 Å². The summed E-state index contributed by atoms with van der Waals surface area (Å²) in [4.78, 5) is 23.9. The number of rotatable bonds is 5. The molecule has 18 heavy (non-hydrogen) atoms. The fourth-order valence-corrected chi connectivity index (χ4v) is 1.59. The molecule has 5 nitrogen and oxygen atoms in total. The molecule has 0 amide bonds. The van der Waals surface area contributed by atoms with E-state index in [-0.39, 0.29) is 18.9 Å². The van der Waals surface area contributed by atoms with Crippen molar-refractivity contribution in [3.05, 3.63) is 17.5 Å². The molecule has 1 aromatic heterocycles. The molecule has 1 aromatic rings. The number of hydrogen-bond acceptors (Lipinski definition) is 4. The molecule has 0 saturated carbocycles. The van der Waals surface area contributed by atoms with E-state index in [1.165, 1.54) is 0 Å². The third kappa shape index (κ3) is 2.97. The van der Waals surface area contributed by atoms with Gasteiger partial charge in [0.05, 0.1) is 12.3 Å². The minimum Gasteiger partial charge on any atom is -0.465 e. The molecule has 0 radical (unpaired) electrons. The van der Waals surface area contributed by atoms with Gasteiger partial charge in [-0.05, 0) is 40.7 Å². The number of carbonyl (C=O) groups is 2. The molecule has 5 heteroatoms. The van der Waals surface area contributed by atoms with Gasteiger partial charge in [0.2, 0.25) is 0 Å². The van der Waals surface area contributed by atoms with Crippen molar-refractivity contribution in [2.24, 2.45) is 5.41 Å². The Morgan fingerprint density at radius 3 is 2.44 bits per heavy atom. The Balaban J connectivity index is 2.82. The summed E-state index contributed by atoms with van der Waals surface area (Å²) in [7, 11) is 0. The number of ether oxygens (including phenoxy) is 1. The highest BCUT2D eigenvalue weighted by molar-refractivity contribution is 6.02. The molecule has 0 N–H and O–H groups in total. The predicted octanol–water partition coefficient (Wildman–Crippen LogP) is 1.66. The van der Waals surface area contributed by atoms with Crippen LogP contribution in [0.3, 0.4) is 0 Å². The number of ketones is 1. The highest BCUT2D eigenvalue weighted by Gasteiger charge is 2.37. The molecule has 100 valence electrons. The zero-order valence-corrected chi connectivity index (χ0v) is 11.6. The van der Waals surface area contributed by atoms with Crippen LogP contribution >= 0.6 is 0 Å². The van der Waals surface area contributed by atoms with E-state index in [0.29, 0.717) is 0 Å². The van der Waals surface area contributed by atoms with Crippen molar-refractivity contribution in [3.8, 4) is 0 Å². The lowest BCUT2D eigenvalue weighted by atomic mass is 9.88. The van der Waals surface area contributed by atoms with Crippen LogP contribution in [0.15, 0.2) is 6.07 Å². The summed E-state index contributed by atoms with van der Waals surface area (Å²) in [6.45, 7) is 8.99. The van der Waals surface area contributed by atoms with Gasteiger partial charge in [0.15, 0.2) is 5.78 Å². The maximum Gasteiger partial charge on any atom is 0.319 e. The molecule has 0 aromatic carbocycles. The fourth-order valence-electron chi connectivity index (χ4n) is 1.59. The monoisotopic (exact) mass is 252 g/mol. The summed E-state index contributed by atoms with van der Waals surface area (Å²) >= 11 is 0. The molecule has 0 bridgehead atoms. The Bertz CT molecular complexity index is 461. The van der Waals surface area contributed by atoms with Crippen molar-refractivity contribution in [1.82, 2.24) is 9.78 Å². The fraction of sp³-hybridized carbons (Fsp3) is 0.615. The lowest BCUT2D eigenvalue weighted by molar-refractivity contribution is -0.158. The second kappa shape index (κ2) is 5.33. The minimum absolute atomic E-state index is 0.0888. The van der Waals surface area contributed by atoms with Gasteiger partial charge in [-0.1, -0.05) is 0 Å². The van der Waals surface area contributed by atoms with E-state index < -0.39 is 11.4 Å². The standard InChI is InChI=1S/C13H20N2O3/c1-6-18-12(17)13(4,5)11(16)8-15-10(3)7-9(2)14-15/h7H,6,8H2,1-5H3. The Morgan fingerprint density at radius 1 is 1.39 bits per heavy atom. The maximum absolute atomic E-state index is 12.2. The Hall–Kier alpha value is -1.65. The molecule has 0 fully saturated rings. The molecule has 0 aliphatic heterocycles. The first-order valence-corrected chi connectivity index (χ1v) is 6.00. The highest BCUT2D eigenvalue weighted by atomic mass is 16.5. The summed E-state index contributed by atoms with van der Waals surface area (Å²) in [5, 5.41) is 4.21. The third-order valence-electron chi connectivity index (χ3n) is 2.88. The molecule has 0 atom stereocenters. The number of nitrogens with zero attached hydrogens (tertiary/aromatic N) is 2. The minimum atomic E-state index is -1.14. The van der Waals surface area contributed by atoms with Gasteiger partial charge in [-0.25, -0.2) is 0 Å². The van der Waals surface area contributed by atoms with Crippen molar-refractivity contribution >= 4 is 11.8 Å². The first-order valence-electron chi connectivity index (χ1n) is 6.00. The molecular weight excluding hydrogens is 232 g/mol. The van der Waals surface area contributed by atoms with Gasteiger partial charge < -0.3 is 4.74 Å². The van der Waals surface area contributed by atoms with Gasteiger partial charge in [-0.3, -0.25) is 14.3 Å². The SMILES string of the molecule is CCOC(=O)C(C)(C)C(=O)Cn1nc(C)cc1C. The Morgan fingerprint density at radius 2 is 2.00 bits per heavy atom. The average molecular weight is 252 g/mol. The molecule has 0 spiro atoms. The predicted molar refractivity (Wildman–Crippen MR) is 67.1 cm³/mol. The second-order valence-corrected chi connectivity index (χ2v) is 4.85. The smallest absolute Gasteiger partial charge is 0.319 e. The van der Waals surface area contributed by atoms with Gasteiger partial charge in [-0.2, -0.15) is 5.10 Å². The van der Waals surface area contributed by atoms with E-state index in [0.717, 1.165) is 11.4 Å². The van der Waals surface area contributed by atoms with Crippen molar-refractivity contribution in [2.75, 3.05) is 6.61 Å². The van der Waals surface area contributed by atoms with Crippen molar-refractivity contribution in [1.29, 1.82) is 0 Å². The van der Waals surface area contributed by atoms with Crippen LogP contribution in [0.2, 0.25) is 0 Å². The summed E-state index contributed by atoms with van der Waals surface area (Å²) in [5.41, 5.74) is 0.622. The van der Waals surface area contributed by atoms with Gasteiger partial charge >= 0.3 is 5.97 Å². The van der Waals surface area contributed by atoms with Crippen molar-refractivity contribution in [2.45, 2.75) is 41.2 Å². The van der Waals surface area contributed by atoms with E-state index in [1.807, 2.05) is 19.9 Å².